The van der Waals surface area contributed by atoms with Crippen molar-refractivity contribution in [2.24, 2.45) is 29.6 Å². The third kappa shape index (κ3) is 6.20. The number of hydrogen-bond acceptors (Lipinski definition) is 3. The molecular formula is C22H38N2O3. The molecular weight excluding hydrogens is 340 g/mol. The molecule has 0 radical (unpaired) electrons. The van der Waals surface area contributed by atoms with Gasteiger partial charge in [-0.05, 0) is 75.5 Å². The van der Waals surface area contributed by atoms with Crippen molar-refractivity contribution in [2.75, 3.05) is 26.3 Å². The Morgan fingerprint density at radius 2 is 1.26 bits per heavy atom. The standard InChI is InChI=1S/C22H38N2O3/c1-2-16-7-9-19(10-8-16)21(25)23-13-17-3-5-18(6-4-17)14-24-22(26)20-11-12-27-15-20/h16-20H,2-15H2,1H3,(H,23,25)(H,24,26). The van der Waals surface area contributed by atoms with E-state index >= 15 is 0 Å². The fourth-order valence-electron chi connectivity index (χ4n) is 4.99. The van der Waals surface area contributed by atoms with E-state index < -0.39 is 0 Å². The van der Waals surface area contributed by atoms with Crippen LogP contribution in [0.5, 0.6) is 0 Å². The van der Waals surface area contributed by atoms with Gasteiger partial charge in [0.25, 0.3) is 0 Å². The van der Waals surface area contributed by atoms with Gasteiger partial charge in [-0.15, -0.1) is 0 Å². The summed E-state index contributed by atoms with van der Waals surface area (Å²) in [6, 6.07) is 0. The fraction of sp³-hybridized carbons (Fsp3) is 0.909. The molecule has 0 bridgehead atoms. The van der Waals surface area contributed by atoms with E-state index in [1.165, 1.54) is 19.3 Å². The molecule has 1 heterocycles. The van der Waals surface area contributed by atoms with Crippen molar-refractivity contribution in [1.82, 2.24) is 10.6 Å². The first-order valence-electron chi connectivity index (χ1n) is 11.3. The van der Waals surface area contributed by atoms with Gasteiger partial charge in [0.1, 0.15) is 0 Å². The predicted molar refractivity (Wildman–Crippen MR) is 106 cm³/mol. The number of carbonyl (C=O) groups excluding carboxylic acids is 2. The van der Waals surface area contributed by atoms with Crippen molar-refractivity contribution in [3.63, 3.8) is 0 Å². The van der Waals surface area contributed by atoms with E-state index in [4.69, 9.17) is 4.74 Å². The van der Waals surface area contributed by atoms with E-state index in [-0.39, 0.29) is 23.7 Å². The van der Waals surface area contributed by atoms with Gasteiger partial charge < -0.3 is 15.4 Å². The quantitative estimate of drug-likeness (QED) is 0.714. The van der Waals surface area contributed by atoms with Gasteiger partial charge in [-0.25, -0.2) is 0 Å². The number of ether oxygens (including phenoxy) is 1. The molecule has 2 N–H and O–H groups in total. The average molecular weight is 379 g/mol. The molecule has 1 saturated heterocycles. The zero-order chi connectivity index (χ0) is 19.1. The minimum absolute atomic E-state index is 0.0592. The van der Waals surface area contributed by atoms with E-state index in [9.17, 15) is 9.59 Å². The maximum Gasteiger partial charge on any atom is 0.225 e. The molecule has 1 unspecified atom stereocenters. The second-order valence-electron chi connectivity index (χ2n) is 9.06. The van der Waals surface area contributed by atoms with Gasteiger partial charge in [0, 0.05) is 25.6 Å². The topological polar surface area (TPSA) is 67.4 Å². The van der Waals surface area contributed by atoms with Crippen LogP contribution >= 0.6 is 0 Å². The molecule has 0 aromatic carbocycles. The first-order chi connectivity index (χ1) is 13.2. The maximum absolute atomic E-state index is 12.4. The van der Waals surface area contributed by atoms with Gasteiger partial charge in [0.05, 0.1) is 12.5 Å². The molecule has 2 aliphatic carbocycles. The lowest BCUT2D eigenvalue weighted by molar-refractivity contribution is -0.127. The SMILES string of the molecule is CCC1CCC(C(=O)NCC2CCC(CNC(=O)C3CCOC3)CC2)CC1. The minimum Gasteiger partial charge on any atom is -0.381 e. The van der Waals surface area contributed by atoms with Crippen LogP contribution in [0, 0.1) is 29.6 Å². The Morgan fingerprint density at radius 3 is 1.74 bits per heavy atom. The van der Waals surface area contributed by atoms with Crippen LogP contribution in [0.2, 0.25) is 0 Å². The molecule has 154 valence electrons. The molecule has 2 saturated carbocycles. The molecule has 3 aliphatic rings. The predicted octanol–water partition coefficient (Wildman–Crippen LogP) is 3.28. The van der Waals surface area contributed by atoms with Crippen molar-refractivity contribution >= 4 is 11.8 Å². The number of carbonyl (C=O) groups is 2. The molecule has 27 heavy (non-hydrogen) atoms. The monoisotopic (exact) mass is 378 g/mol. The average Bonchev–Trinajstić information content (AvgIpc) is 3.26. The van der Waals surface area contributed by atoms with E-state index in [0.717, 1.165) is 70.6 Å². The molecule has 1 aliphatic heterocycles. The van der Waals surface area contributed by atoms with Gasteiger partial charge >= 0.3 is 0 Å². The van der Waals surface area contributed by atoms with Crippen LogP contribution in [0.4, 0.5) is 0 Å². The Morgan fingerprint density at radius 1 is 0.741 bits per heavy atom. The summed E-state index contributed by atoms with van der Waals surface area (Å²) in [5.41, 5.74) is 0. The van der Waals surface area contributed by atoms with Crippen molar-refractivity contribution in [3.8, 4) is 0 Å². The summed E-state index contributed by atoms with van der Waals surface area (Å²) >= 11 is 0. The fourth-order valence-corrected chi connectivity index (χ4v) is 4.99. The summed E-state index contributed by atoms with van der Waals surface area (Å²) in [6.07, 6.45) is 11.3. The van der Waals surface area contributed by atoms with Crippen LogP contribution in [0.1, 0.15) is 71.1 Å². The largest absolute Gasteiger partial charge is 0.381 e. The van der Waals surface area contributed by atoms with Crippen molar-refractivity contribution < 1.29 is 14.3 Å². The Labute approximate surface area is 164 Å². The summed E-state index contributed by atoms with van der Waals surface area (Å²) < 4.78 is 5.29. The van der Waals surface area contributed by atoms with Crippen molar-refractivity contribution in [1.29, 1.82) is 0 Å². The first-order valence-corrected chi connectivity index (χ1v) is 11.3. The highest BCUT2D eigenvalue weighted by Gasteiger charge is 2.28. The second kappa shape index (κ2) is 10.4. The van der Waals surface area contributed by atoms with E-state index in [2.05, 4.69) is 17.6 Å². The van der Waals surface area contributed by atoms with Gasteiger partial charge in [0.2, 0.25) is 11.8 Å². The van der Waals surface area contributed by atoms with Crippen LogP contribution < -0.4 is 10.6 Å². The summed E-state index contributed by atoms with van der Waals surface area (Å²) in [6.45, 7) is 5.20. The van der Waals surface area contributed by atoms with E-state index in [1.54, 1.807) is 0 Å². The molecule has 3 rings (SSSR count). The maximum atomic E-state index is 12.4. The highest BCUT2D eigenvalue weighted by molar-refractivity contribution is 5.79. The first kappa shape index (κ1) is 20.6. The Hall–Kier alpha value is -1.10. The van der Waals surface area contributed by atoms with E-state index in [1.807, 2.05) is 0 Å². The van der Waals surface area contributed by atoms with Crippen molar-refractivity contribution in [2.45, 2.75) is 71.1 Å². The Bertz CT molecular complexity index is 474. The molecule has 3 fully saturated rings. The number of hydrogen-bond donors (Lipinski definition) is 2. The third-order valence-electron chi connectivity index (χ3n) is 7.19. The van der Waals surface area contributed by atoms with Gasteiger partial charge in [-0.1, -0.05) is 13.3 Å². The molecule has 1 atom stereocenters. The number of amides is 2. The summed E-state index contributed by atoms with van der Waals surface area (Å²) in [5, 5.41) is 6.36. The zero-order valence-electron chi connectivity index (χ0n) is 17.0. The molecule has 0 spiro atoms. The van der Waals surface area contributed by atoms with Crippen LogP contribution in [0.15, 0.2) is 0 Å². The summed E-state index contributed by atoms with van der Waals surface area (Å²) in [5.74, 6) is 2.80. The van der Waals surface area contributed by atoms with Gasteiger partial charge in [0.15, 0.2) is 0 Å². The summed E-state index contributed by atoms with van der Waals surface area (Å²) in [7, 11) is 0. The molecule has 0 aromatic rings. The molecule has 0 aromatic heterocycles. The lowest BCUT2D eigenvalue weighted by atomic mass is 9.80. The van der Waals surface area contributed by atoms with Crippen LogP contribution in [-0.2, 0) is 14.3 Å². The smallest absolute Gasteiger partial charge is 0.225 e. The lowest BCUT2D eigenvalue weighted by Crippen LogP contribution is -2.38. The number of rotatable bonds is 7. The van der Waals surface area contributed by atoms with Crippen molar-refractivity contribution in [3.05, 3.63) is 0 Å². The zero-order valence-corrected chi connectivity index (χ0v) is 17.0. The van der Waals surface area contributed by atoms with Gasteiger partial charge in [-0.2, -0.15) is 0 Å². The Balaban J connectivity index is 1.27. The Kier molecular flexibility index (Phi) is 7.98. The van der Waals surface area contributed by atoms with Crippen LogP contribution in [-0.4, -0.2) is 38.1 Å². The summed E-state index contributed by atoms with van der Waals surface area (Å²) in [4.78, 5) is 24.5. The highest BCUT2D eigenvalue weighted by Crippen LogP contribution is 2.31. The normalized spacial score (nSPS) is 34.2. The minimum atomic E-state index is 0.0592. The molecule has 2 amide bonds. The molecule has 5 nitrogen and oxygen atoms in total. The number of nitrogens with one attached hydrogen (secondary N) is 2. The highest BCUT2D eigenvalue weighted by atomic mass is 16.5. The third-order valence-corrected chi connectivity index (χ3v) is 7.19. The van der Waals surface area contributed by atoms with Crippen LogP contribution in [0.25, 0.3) is 0 Å². The van der Waals surface area contributed by atoms with E-state index in [0.29, 0.717) is 18.4 Å². The molecule has 5 heteroatoms. The van der Waals surface area contributed by atoms with Gasteiger partial charge in [-0.3, -0.25) is 9.59 Å². The van der Waals surface area contributed by atoms with Crippen LogP contribution in [0.3, 0.4) is 0 Å². The second-order valence-corrected chi connectivity index (χ2v) is 9.06. The lowest BCUT2D eigenvalue weighted by Gasteiger charge is -2.30.